The molecular formula is C20H29N3O5. The Bertz CT molecular complexity index is 689. The number of ether oxygens (including phenoxy) is 2. The van der Waals surface area contributed by atoms with Crippen LogP contribution in [0.15, 0.2) is 24.3 Å². The summed E-state index contributed by atoms with van der Waals surface area (Å²) in [7, 11) is 0. The van der Waals surface area contributed by atoms with Crippen molar-refractivity contribution < 1.29 is 23.9 Å². The van der Waals surface area contributed by atoms with E-state index < -0.39 is 11.7 Å². The number of nitrogens with zero attached hydrogens (tertiary/aromatic N) is 2. The summed E-state index contributed by atoms with van der Waals surface area (Å²) in [6.45, 7) is 8.94. The van der Waals surface area contributed by atoms with Crippen molar-refractivity contribution >= 4 is 18.1 Å². The molecule has 154 valence electrons. The van der Waals surface area contributed by atoms with E-state index in [-0.39, 0.29) is 25.2 Å². The Morgan fingerprint density at radius 2 is 1.57 bits per heavy atom. The Morgan fingerprint density at radius 3 is 2.14 bits per heavy atom. The van der Waals surface area contributed by atoms with Gasteiger partial charge in [-0.15, -0.1) is 0 Å². The minimum atomic E-state index is -0.626. The number of carbonyl (C=O) groups is 3. The zero-order valence-corrected chi connectivity index (χ0v) is 17.0. The molecule has 0 aromatic heterocycles. The molecule has 0 spiro atoms. The Hall–Kier alpha value is -2.77. The van der Waals surface area contributed by atoms with Crippen LogP contribution in [0.1, 0.15) is 31.9 Å². The number of rotatable bonds is 4. The van der Waals surface area contributed by atoms with Crippen molar-refractivity contribution in [2.45, 2.75) is 39.9 Å². The summed E-state index contributed by atoms with van der Waals surface area (Å²) in [5.74, 6) is -0.210. The van der Waals surface area contributed by atoms with Crippen LogP contribution in [-0.2, 0) is 20.9 Å². The molecule has 0 saturated carbocycles. The standard InChI is InChI=1S/C20H29N3O5/c1-15-5-7-16(8-6-15)14-27-19(26)23-11-9-22(10-12-23)17(24)13-21-18(25)28-20(2,3)4/h5-8H,9-14H2,1-4H3,(H,21,25). The summed E-state index contributed by atoms with van der Waals surface area (Å²) in [6.07, 6.45) is -1.02. The fraction of sp³-hybridized carbons (Fsp3) is 0.550. The van der Waals surface area contributed by atoms with Crippen LogP contribution in [0, 0.1) is 6.92 Å². The maximum atomic E-state index is 12.2. The van der Waals surface area contributed by atoms with E-state index in [9.17, 15) is 14.4 Å². The van der Waals surface area contributed by atoms with Gasteiger partial charge in [0.1, 0.15) is 18.8 Å². The number of carbonyl (C=O) groups excluding carboxylic acids is 3. The molecule has 2 rings (SSSR count). The molecule has 1 N–H and O–H groups in total. The quantitative estimate of drug-likeness (QED) is 0.851. The van der Waals surface area contributed by atoms with Gasteiger partial charge in [-0.05, 0) is 33.3 Å². The van der Waals surface area contributed by atoms with Crippen molar-refractivity contribution in [3.8, 4) is 0 Å². The lowest BCUT2D eigenvalue weighted by atomic mass is 10.2. The van der Waals surface area contributed by atoms with Crippen molar-refractivity contribution in [3.63, 3.8) is 0 Å². The number of aryl methyl sites for hydroxylation is 1. The van der Waals surface area contributed by atoms with Crippen molar-refractivity contribution in [3.05, 3.63) is 35.4 Å². The molecule has 1 aromatic carbocycles. The van der Waals surface area contributed by atoms with Gasteiger partial charge in [0.05, 0.1) is 0 Å². The van der Waals surface area contributed by atoms with Gasteiger partial charge in [0, 0.05) is 26.2 Å². The number of amides is 3. The van der Waals surface area contributed by atoms with Gasteiger partial charge in [0.15, 0.2) is 0 Å². The average molecular weight is 391 g/mol. The molecule has 1 aliphatic rings. The normalized spacial score (nSPS) is 14.4. The predicted molar refractivity (Wildman–Crippen MR) is 104 cm³/mol. The van der Waals surface area contributed by atoms with E-state index in [1.165, 1.54) is 0 Å². The Morgan fingerprint density at radius 1 is 1.00 bits per heavy atom. The molecule has 1 fully saturated rings. The van der Waals surface area contributed by atoms with Crippen LogP contribution in [0.5, 0.6) is 0 Å². The van der Waals surface area contributed by atoms with Crippen LogP contribution in [0.3, 0.4) is 0 Å². The topological polar surface area (TPSA) is 88.2 Å². The highest BCUT2D eigenvalue weighted by Gasteiger charge is 2.25. The maximum absolute atomic E-state index is 12.2. The zero-order valence-electron chi connectivity index (χ0n) is 17.0. The van der Waals surface area contributed by atoms with Gasteiger partial charge in [0.2, 0.25) is 5.91 Å². The van der Waals surface area contributed by atoms with Crippen molar-refractivity contribution in [1.29, 1.82) is 0 Å². The molecule has 1 saturated heterocycles. The van der Waals surface area contributed by atoms with Gasteiger partial charge in [-0.2, -0.15) is 0 Å². The highest BCUT2D eigenvalue weighted by atomic mass is 16.6. The second kappa shape index (κ2) is 9.43. The predicted octanol–water partition coefficient (Wildman–Crippen LogP) is 2.30. The fourth-order valence-electron chi connectivity index (χ4n) is 2.63. The highest BCUT2D eigenvalue weighted by molar-refractivity contribution is 5.82. The molecule has 3 amide bonds. The van der Waals surface area contributed by atoms with Gasteiger partial charge in [-0.25, -0.2) is 9.59 Å². The van der Waals surface area contributed by atoms with E-state index in [4.69, 9.17) is 9.47 Å². The van der Waals surface area contributed by atoms with Crippen LogP contribution in [-0.4, -0.2) is 66.2 Å². The molecular weight excluding hydrogens is 362 g/mol. The van der Waals surface area contributed by atoms with Gasteiger partial charge >= 0.3 is 12.2 Å². The third-order valence-corrected chi connectivity index (χ3v) is 4.16. The minimum absolute atomic E-state index is 0.132. The van der Waals surface area contributed by atoms with E-state index in [1.807, 2.05) is 31.2 Å². The lowest BCUT2D eigenvalue weighted by Crippen LogP contribution is -2.52. The molecule has 0 bridgehead atoms. The number of piperazine rings is 1. The Kier molecular flexibility index (Phi) is 7.25. The SMILES string of the molecule is Cc1ccc(COC(=O)N2CCN(C(=O)CNC(=O)OC(C)(C)C)CC2)cc1. The number of benzene rings is 1. The van der Waals surface area contributed by atoms with E-state index in [0.29, 0.717) is 26.2 Å². The number of hydrogen-bond donors (Lipinski definition) is 1. The van der Waals surface area contributed by atoms with E-state index >= 15 is 0 Å². The van der Waals surface area contributed by atoms with E-state index in [1.54, 1.807) is 30.6 Å². The molecule has 8 nitrogen and oxygen atoms in total. The lowest BCUT2D eigenvalue weighted by molar-refractivity contribution is -0.131. The largest absolute Gasteiger partial charge is 0.445 e. The van der Waals surface area contributed by atoms with Gasteiger partial charge in [0.25, 0.3) is 0 Å². The fourth-order valence-corrected chi connectivity index (χ4v) is 2.63. The summed E-state index contributed by atoms with van der Waals surface area (Å²) >= 11 is 0. The first-order valence-electron chi connectivity index (χ1n) is 9.36. The lowest BCUT2D eigenvalue weighted by Gasteiger charge is -2.34. The van der Waals surface area contributed by atoms with Gasteiger partial charge in [-0.1, -0.05) is 29.8 Å². The smallest absolute Gasteiger partial charge is 0.410 e. The number of nitrogens with one attached hydrogen (secondary N) is 1. The molecule has 0 radical (unpaired) electrons. The Labute approximate surface area is 165 Å². The maximum Gasteiger partial charge on any atom is 0.410 e. The first-order valence-corrected chi connectivity index (χ1v) is 9.36. The highest BCUT2D eigenvalue weighted by Crippen LogP contribution is 2.09. The summed E-state index contributed by atoms with van der Waals surface area (Å²) in [6, 6.07) is 7.80. The van der Waals surface area contributed by atoms with Crippen LogP contribution in [0.2, 0.25) is 0 Å². The molecule has 8 heteroatoms. The molecule has 28 heavy (non-hydrogen) atoms. The average Bonchev–Trinajstić information content (AvgIpc) is 2.64. The van der Waals surface area contributed by atoms with Crippen LogP contribution in [0.25, 0.3) is 0 Å². The first-order chi connectivity index (χ1) is 13.1. The number of alkyl carbamates (subject to hydrolysis) is 1. The third kappa shape index (κ3) is 7.09. The first kappa shape index (κ1) is 21.5. The molecule has 0 aliphatic carbocycles. The summed E-state index contributed by atoms with van der Waals surface area (Å²) < 4.78 is 10.4. The van der Waals surface area contributed by atoms with Crippen molar-refractivity contribution in [2.24, 2.45) is 0 Å². The van der Waals surface area contributed by atoms with Gasteiger partial charge < -0.3 is 24.6 Å². The molecule has 1 heterocycles. The minimum Gasteiger partial charge on any atom is -0.445 e. The third-order valence-electron chi connectivity index (χ3n) is 4.16. The van der Waals surface area contributed by atoms with Crippen LogP contribution >= 0.6 is 0 Å². The molecule has 0 unspecified atom stereocenters. The monoisotopic (exact) mass is 391 g/mol. The summed E-state index contributed by atoms with van der Waals surface area (Å²) in [5, 5.41) is 2.46. The van der Waals surface area contributed by atoms with E-state index in [0.717, 1.165) is 11.1 Å². The van der Waals surface area contributed by atoms with Crippen LogP contribution in [0.4, 0.5) is 9.59 Å². The summed E-state index contributed by atoms with van der Waals surface area (Å²) in [4.78, 5) is 39.2. The zero-order chi connectivity index (χ0) is 20.7. The van der Waals surface area contributed by atoms with Crippen molar-refractivity contribution in [2.75, 3.05) is 32.7 Å². The second-order valence-electron chi connectivity index (χ2n) is 7.76. The molecule has 1 aliphatic heterocycles. The second-order valence-corrected chi connectivity index (χ2v) is 7.76. The van der Waals surface area contributed by atoms with Gasteiger partial charge in [-0.3, -0.25) is 4.79 Å². The Balaban J connectivity index is 1.69. The van der Waals surface area contributed by atoms with Crippen LogP contribution < -0.4 is 5.32 Å². The molecule has 0 atom stereocenters. The van der Waals surface area contributed by atoms with E-state index in [2.05, 4.69) is 5.32 Å². The van der Waals surface area contributed by atoms with Crippen molar-refractivity contribution in [1.82, 2.24) is 15.1 Å². The number of hydrogen-bond acceptors (Lipinski definition) is 5. The molecule has 1 aromatic rings. The summed E-state index contributed by atoms with van der Waals surface area (Å²) in [5.41, 5.74) is 1.47.